The molecule has 0 spiro atoms. The lowest BCUT2D eigenvalue weighted by atomic mass is 10.2. The summed E-state index contributed by atoms with van der Waals surface area (Å²) in [5.74, 6) is -0.488. The number of carbonyl (C=O) groups is 2. The van der Waals surface area contributed by atoms with Gasteiger partial charge in [0, 0.05) is 20.0 Å². The molecule has 0 unspecified atom stereocenters. The monoisotopic (exact) mass is 447 g/mol. The summed E-state index contributed by atoms with van der Waals surface area (Å²) in [5, 5.41) is 14.6. The quantitative estimate of drug-likeness (QED) is 0.517. The number of halogens is 2. The SMILES string of the molecule is Cn1c(CCNC(=O)c2ccccc2F)nnc1SCC(=O)Nc1ccccc1Cl. The Morgan fingerprint density at radius 2 is 1.87 bits per heavy atom. The molecule has 2 aromatic carbocycles. The Morgan fingerprint density at radius 1 is 1.13 bits per heavy atom. The van der Waals surface area contributed by atoms with Gasteiger partial charge < -0.3 is 15.2 Å². The predicted molar refractivity (Wildman–Crippen MR) is 114 cm³/mol. The summed E-state index contributed by atoms with van der Waals surface area (Å²) in [6, 6.07) is 12.8. The smallest absolute Gasteiger partial charge is 0.254 e. The van der Waals surface area contributed by atoms with Crippen LogP contribution in [0.4, 0.5) is 10.1 Å². The molecular weight excluding hydrogens is 429 g/mol. The second-order valence-electron chi connectivity index (χ2n) is 6.26. The van der Waals surface area contributed by atoms with Crippen LogP contribution in [0.2, 0.25) is 5.02 Å². The Balaban J connectivity index is 1.48. The molecule has 0 fully saturated rings. The van der Waals surface area contributed by atoms with Crippen molar-refractivity contribution >= 4 is 40.9 Å². The summed E-state index contributed by atoms with van der Waals surface area (Å²) >= 11 is 7.27. The maximum absolute atomic E-state index is 13.6. The van der Waals surface area contributed by atoms with E-state index in [9.17, 15) is 14.0 Å². The molecule has 2 N–H and O–H groups in total. The normalized spacial score (nSPS) is 10.6. The van der Waals surface area contributed by atoms with Crippen molar-refractivity contribution in [3.05, 3.63) is 70.8 Å². The zero-order chi connectivity index (χ0) is 21.5. The fraction of sp³-hybridized carbons (Fsp3) is 0.200. The average molecular weight is 448 g/mol. The van der Waals surface area contributed by atoms with Crippen LogP contribution < -0.4 is 10.6 Å². The Kier molecular flexibility index (Phi) is 7.42. The van der Waals surface area contributed by atoms with Crippen LogP contribution in [-0.4, -0.2) is 38.9 Å². The summed E-state index contributed by atoms with van der Waals surface area (Å²) in [7, 11) is 1.78. The van der Waals surface area contributed by atoms with Gasteiger partial charge in [0.1, 0.15) is 11.6 Å². The van der Waals surface area contributed by atoms with Crippen LogP contribution >= 0.6 is 23.4 Å². The molecular formula is C20H19ClFN5O2S. The van der Waals surface area contributed by atoms with E-state index in [-0.39, 0.29) is 23.8 Å². The molecule has 10 heteroatoms. The van der Waals surface area contributed by atoms with Crippen molar-refractivity contribution in [2.24, 2.45) is 7.05 Å². The van der Waals surface area contributed by atoms with Gasteiger partial charge in [-0.3, -0.25) is 9.59 Å². The summed E-state index contributed by atoms with van der Waals surface area (Å²) in [4.78, 5) is 24.2. The van der Waals surface area contributed by atoms with E-state index < -0.39 is 11.7 Å². The van der Waals surface area contributed by atoms with Crippen LogP contribution in [0.5, 0.6) is 0 Å². The number of hydrogen-bond donors (Lipinski definition) is 2. The van der Waals surface area contributed by atoms with Crippen molar-refractivity contribution in [3.8, 4) is 0 Å². The number of anilines is 1. The molecule has 0 aliphatic rings. The number of amides is 2. The van der Waals surface area contributed by atoms with Crippen LogP contribution in [0.3, 0.4) is 0 Å². The van der Waals surface area contributed by atoms with E-state index in [0.717, 1.165) is 0 Å². The lowest BCUT2D eigenvalue weighted by Gasteiger charge is -2.07. The van der Waals surface area contributed by atoms with Gasteiger partial charge in [0.15, 0.2) is 5.16 Å². The average Bonchev–Trinajstić information content (AvgIpc) is 3.08. The summed E-state index contributed by atoms with van der Waals surface area (Å²) in [6.45, 7) is 0.275. The molecule has 0 aliphatic carbocycles. The first-order valence-electron chi connectivity index (χ1n) is 9.04. The maximum Gasteiger partial charge on any atom is 0.254 e. The fourth-order valence-electron chi connectivity index (χ4n) is 2.60. The molecule has 7 nitrogen and oxygen atoms in total. The van der Waals surface area contributed by atoms with E-state index in [1.807, 2.05) is 0 Å². The van der Waals surface area contributed by atoms with Crippen LogP contribution in [0.15, 0.2) is 53.7 Å². The lowest BCUT2D eigenvalue weighted by Crippen LogP contribution is -2.27. The second kappa shape index (κ2) is 10.2. The first kappa shape index (κ1) is 21.8. The first-order chi connectivity index (χ1) is 14.5. The molecule has 2 amide bonds. The Morgan fingerprint density at radius 3 is 2.63 bits per heavy atom. The number of benzene rings is 2. The van der Waals surface area contributed by atoms with Gasteiger partial charge in [0.25, 0.3) is 5.91 Å². The zero-order valence-electron chi connectivity index (χ0n) is 16.1. The van der Waals surface area contributed by atoms with Gasteiger partial charge in [-0.25, -0.2) is 4.39 Å². The van der Waals surface area contributed by atoms with Crippen molar-refractivity contribution in [3.63, 3.8) is 0 Å². The summed E-state index contributed by atoms with van der Waals surface area (Å²) in [5.41, 5.74) is 0.547. The van der Waals surface area contributed by atoms with Crippen molar-refractivity contribution in [2.75, 3.05) is 17.6 Å². The maximum atomic E-state index is 13.6. The van der Waals surface area contributed by atoms with Crippen LogP contribution in [0.1, 0.15) is 16.2 Å². The number of aromatic nitrogens is 3. The van der Waals surface area contributed by atoms with Gasteiger partial charge in [0.05, 0.1) is 22.0 Å². The molecule has 0 saturated carbocycles. The second-order valence-corrected chi connectivity index (χ2v) is 7.61. The topological polar surface area (TPSA) is 88.9 Å². The van der Waals surface area contributed by atoms with Gasteiger partial charge >= 0.3 is 0 Å². The van der Waals surface area contributed by atoms with E-state index in [1.54, 1.807) is 41.9 Å². The van der Waals surface area contributed by atoms with Gasteiger partial charge in [0.2, 0.25) is 5.91 Å². The summed E-state index contributed by atoms with van der Waals surface area (Å²) in [6.07, 6.45) is 0.413. The van der Waals surface area contributed by atoms with Crippen molar-refractivity contribution in [2.45, 2.75) is 11.6 Å². The lowest BCUT2D eigenvalue weighted by molar-refractivity contribution is -0.113. The number of para-hydroxylation sites is 1. The molecule has 30 heavy (non-hydrogen) atoms. The Hall–Kier alpha value is -2.91. The molecule has 0 bridgehead atoms. The highest BCUT2D eigenvalue weighted by Crippen LogP contribution is 2.21. The molecule has 1 aromatic heterocycles. The minimum absolute atomic E-state index is 0.00348. The number of hydrogen-bond acceptors (Lipinski definition) is 5. The zero-order valence-corrected chi connectivity index (χ0v) is 17.6. The number of nitrogens with one attached hydrogen (secondary N) is 2. The molecule has 0 atom stereocenters. The highest BCUT2D eigenvalue weighted by molar-refractivity contribution is 7.99. The number of rotatable bonds is 8. The van der Waals surface area contributed by atoms with Gasteiger partial charge in [-0.05, 0) is 24.3 Å². The van der Waals surface area contributed by atoms with E-state index in [0.29, 0.717) is 28.1 Å². The standard InChI is InChI=1S/C20H19ClFN5O2S/c1-27-17(10-11-23-19(29)13-6-2-4-8-15(13)22)25-26-20(27)30-12-18(28)24-16-9-5-3-7-14(16)21/h2-9H,10-12H2,1H3,(H,23,29)(H,24,28). The van der Waals surface area contributed by atoms with E-state index >= 15 is 0 Å². The third-order valence-corrected chi connectivity index (χ3v) is 5.51. The minimum atomic E-state index is -0.567. The van der Waals surface area contributed by atoms with Gasteiger partial charge in [-0.2, -0.15) is 0 Å². The Labute approximate surface area is 182 Å². The molecule has 3 aromatic rings. The third kappa shape index (κ3) is 5.58. The van der Waals surface area contributed by atoms with Crippen LogP contribution in [0.25, 0.3) is 0 Å². The number of carbonyl (C=O) groups excluding carboxylic acids is 2. The largest absolute Gasteiger partial charge is 0.351 e. The molecule has 0 saturated heterocycles. The minimum Gasteiger partial charge on any atom is -0.351 e. The van der Waals surface area contributed by atoms with Crippen LogP contribution in [0, 0.1) is 5.82 Å². The molecule has 156 valence electrons. The third-order valence-electron chi connectivity index (χ3n) is 4.16. The molecule has 1 heterocycles. The van der Waals surface area contributed by atoms with E-state index in [2.05, 4.69) is 20.8 Å². The van der Waals surface area contributed by atoms with Gasteiger partial charge in [-0.1, -0.05) is 47.6 Å². The highest BCUT2D eigenvalue weighted by atomic mass is 35.5. The number of thioether (sulfide) groups is 1. The first-order valence-corrected chi connectivity index (χ1v) is 10.4. The van der Waals surface area contributed by atoms with Gasteiger partial charge in [-0.15, -0.1) is 10.2 Å². The highest BCUT2D eigenvalue weighted by Gasteiger charge is 2.14. The fourth-order valence-corrected chi connectivity index (χ4v) is 3.51. The number of nitrogens with zero attached hydrogens (tertiary/aromatic N) is 3. The van der Waals surface area contributed by atoms with Crippen molar-refractivity contribution in [1.29, 1.82) is 0 Å². The van der Waals surface area contributed by atoms with E-state index in [4.69, 9.17) is 11.6 Å². The molecule has 0 aliphatic heterocycles. The van der Waals surface area contributed by atoms with E-state index in [1.165, 1.54) is 30.0 Å². The molecule has 0 radical (unpaired) electrons. The molecule has 3 rings (SSSR count). The van der Waals surface area contributed by atoms with Crippen molar-refractivity contribution in [1.82, 2.24) is 20.1 Å². The van der Waals surface area contributed by atoms with Crippen LogP contribution in [-0.2, 0) is 18.3 Å². The van der Waals surface area contributed by atoms with Crippen molar-refractivity contribution < 1.29 is 14.0 Å². The summed E-state index contributed by atoms with van der Waals surface area (Å²) < 4.78 is 15.4. The Bertz CT molecular complexity index is 1060. The predicted octanol–water partition coefficient (Wildman–Crippen LogP) is 3.31.